The highest BCUT2D eigenvalue weighted by Crippen LogP contribution is 2.25. The Balaban J connectivity index is 2.63. The third kappa shape index (κ3) is 2.93. The zero-order chi connectivity index (χ0) is 14.9. The predicted octanol–water partition coefficient (Wildman–Crippen LogP) is 1.82. The Bertz CT molecular complexity index is 747. The van der Waals surface area contributed by atoms with Crippen LogP contribution in [0.25, 0.3) is 10.9 Å². The summed E-state index contributed by atoms with van der Waals surface area (Å²) in [4.78, 5) is 4.30. The average molecular weight is 314 g/mol. The number of fused-ring (bicyclic) bond motifs is 1. The fraction of sp³-hybridized carbons (Fsp3) is 0.308. The van der Waals surface area contributed by atoms with Crippen LogP contribution < -0.4 is 10.5 Å². The molecule has 0 fully saturated rings. The predicted molar refractivity (Wildman–Crippen MR) is 80.3 cm³/mol. The number of para-hydroxylation sites is 1. The first-order valence-electron chi connectivity index (χ1n) is 6.13. The Morgan fingerprint density at radius 3 is 2.80 bits per heavy atom. The number of hydrogen-bond donors (Lipinski definition) is 2. The van der Waals surface area contributed by atoms with Gasteiger partial charge in [0.15, 0.2) is 0 Å². The van der Waals surface area contributed by atoms with Crippen LogP contribution in [0.3, 0.4) is 0 Å². The minimum absolute atomic E-state index is 0.109. The number of aryl methyl sites for hydroxylation is 1. The molecular weight excluding hydrogens is 298 g/mol. The van der Waals surface area contributed by atoms with Gasteiger partial charge in [0.1, 0.15) is 10.0 Å². The van der Waals surface area contributed by atoms with E-state index in [9.17, 15) is 8.42 Å². The van der Waals surface area contributed by atoms with Gasteiger partial charge in [-0.05, 0) is 31.5 Å². The second-order valence-corrected chi connectivity index (χ2v) is 6.72. The van der Waals surface area contributed by atoms with Crippen LogP contribution in [0.5, 0.6) is 0 Å². The molecular formula is C13H16ClN3O2S. The van der Waals surface area contributed by atoms with Gasteiger partial charge in [-0.15, -0.1) is 0 Å². The van der Waals surface area contributed by atoms with E-state index in [1.807, 2.05) is 13.0 Å². The van der Waals surface area contributed by atoms with Crippen molar-refractivity contribution >= 4 is 32.5 Å². The molecule has 1 atom stereocenters. The third-order valence-electron chi connectivity index (χ3n) is 2.94. The van der Waals surface area contributed by atoms with Gasteiger partial charge in [0.25, 0.3) is 0 Å². The summed E-state index contributed by atoms with van der Waals surface area (Å²) in [5.41, 5.74) is 6.61. The lowest BCUT2D eigenvalue weighted by molar-refractivity contribution is 0.563. The maximum absolute atomic E-state index is 12.4. The van der Waals surface area contributed by atoms with Crippen LogP contribution in [0.2, 0.25) is 5.15 Å². The largest absolute Gasteiger partial charge is 0.329 e. The molecule has 0 aliphatic heterocycles. The van der Waals surface area contributed by atoms with E-state index in [1.54, 1.807) is 19.1 Å². The van der Waals surface area contributed by atoms with Gasteiger partial charge in [0, 0.05) is 18.0 Å². The molecule has 0 aliphatic rings. The molecule has 0 amide bonds. The molecule has 0 saturated heterocycles. The van der Waals surface area contributed by atoms with Gasteiger partial charge in [-0.3, -0.25) is 0 Å². The molecule has 3 N–H and O–H groups in total. The van der Waals surface area contributed by atoms with E-state index in [0.717, 1.165) is 10.9 Å². The minimum atomic E-state index is -3.68. The summed E-state index contributed by atoms with van der Waals surface area (Å²) in [5.74, 6) is 0. The van der Waals surface area contributed by atoms with Crippen LogP contribution in [-0.4, -0.2) is 26.0 Å². The van der Waals surface area contributed by atoms with E-state index < -0.39 is 10.0 Å². The second-order valence-electron chi connectivity index (χ2n) is 4.68. The molecule has 0 saturated carbocycles. The van der Waals surface area contributed by atoms with E-state index in [0.29, 0.717) is 10.7 Å². The van der Waals surface area contributed by atoms with Crippen molar-refractivity contribution in [2.75, 3.05) is 6.54 Å². The van der Waals surface area contributed by atoms with E-state index in [2.05, 4.69) is 9.71 Å². The Morgan fingerprint density at radius 2 is 2.15 bits per heavy atom. The Hall–Kier alpha value is -1.21. The topological polar surface area (TPSA) is 85.1 Å². The lowest BCUT2D eigenvalue weighted by Crippen LogP contribution is -2.37. The van der Waals surface area contributed by atoms with Gasteiger partial charge in [-0.25, -0.2) is 18.1 Å². The summed E-state index contributed by atoms with van der Waals surface area (Å²) in [6.07, 6.45) is 0. The summed E-state index contributed by atoms with van der Waals surface area (Å²) in [5, 5.41) is 1.03. The molecule has 5 nitrogen and oxygen atoms in total. The van der Waals surface area contributed by atoms with Crippen molar-refractivity contribution in [3.8, 4) is 0 Å². The van der Waals surface area contributed by atoms with Crippen molar-refractivity contribution in [1.82, 2.24) is 9.71 Å². The van der Waals surface area contributed by atoms with Crippen molar-refractivity contribution in [2.45, 2.75) is 24.8 Å². The van der Waals surface area contributed by atoms with Gasteiger partial charge in [0.05, 0.1) is 5.52 Å². The fourth-order valence-electron chi connectivity index (χ4n) is 1.85. The normalized spacial score (nSPS) is 13.6. The van der Waals surface area contributed by atoms with E-state index >= 15 is 0 Å². The summed E-state index contributed by atoms with van der Waals surface area (Å²) >= 11 is 6.00. The SMILES string of the molecule is Cc1cc2cccc(S(=O)(=O)NC(C)CN)c2nc1Cl. The van der Waals surface area contributed by atoms with Crippen LogP contribution in [0.4, 0.5) is 0 Å². The molecule has 2 rings (SSSR count). The van der Waals surface area contributed by atoms with Crippen molar-refractivity contribution in [2.24, 2.45) is 5.73 Å². The van der Waals surface area contributed by atoms with Crippen molar-refractivity contribution in [3.63, 3.8) is 0 Å². The Labute approximate surface area is 123 Å². The number of rotatable bonds is 4. The Morgan fingerprint density at radius 1 is 1.45 bits per heavy atom. The Kier molecular flexibility index (Phi) is 4.29. The van der Waals surface area contributed by atoms with Gasteiger partial charge in [-0.2, -0.15) is 0 Å². The van der Waals surface area contributed by atoms with E-state index in [-0.39, 0.29) is 17.5 Å². The first kappa shape index (κ1) is 15.2. The van der Waals surface area contributed by atoms with Crippen LogP contribution in [0, 0.1) is 6.92 Å². The van der Waals surface area contributed by atoms with Gasteiger partial charge >= 0.3 is 0 Å². The lowest BCUT2D eigenvalue weighted by Gasteiger charge is -2.13. The summed E-state index contributed by atoms with van der Waals surface area (Å²) in [6, 6.07) is 6.45. The molecule has 20 heavy (non-hydrogen) atoms. The number of nitrogens with two attached hydrogens (primary N) is 1. The quantitative estimate of drug-likeness (QED) is 0.843. The molecule has 1 unspecified atom stereocenters. The smallest absolute Gasteiger partial charge is 0.243 e. The highest BCUT2D eigenvalue weighted by molar-refractivity contribution is 7.89. The molecule has 1 aromatic carbocycles. The number of sulfonamides is 1. The van der Waals surface area contributed by atoms with Crippen molar-refractivity contribution in [3.05, 3.63) is 35.0 Å². The van der Waals surface area contributed by atoms with Crippen LogP contribution in [-0.2, 0) is 10.0 Å². The zero-order valence-corrected chi connectivity index (χ0v) is 12.8. The number of benzene rings is 1. The van der Waals surface area contributed by atoms with E-state index in [4.69, 9.17) is 17.3 Å². The first-order valence-corrected chi connectivity index (χ1v) is 7.99. The van der Waals surface area contributed by atoms with Crippen molar-refractivity contribution < 1.29 is 8.42 Å². The van der Waals surface area contributed by atoms with Gasteiger partial charge in [-0.1, -0.05) is 23.7 Å². The highest BCUT2D eigenvalue weighted by atomic mass is 35.5. The van der Waals surface area contributed by atoms with Crippen LogP contribution >= 0.6 is 11.6 Å². The monoisotopic (exact) mass is 313 g/mol. The molecule has 108 valence electrons. The molecule has 1 aromatic heterocycles. The first-order chi connectivity index (χ1) is 9.35. The number of hydrogen-bond acceptors (Lipinski definition) is 4. The van der Waals surface area contributed by atoms with Crippen LogP contribution in [0.1, 0.15) is 12.5 Å². The standard InChI is InChI=1S/C13H16ClN3O2S/c1-8-6-10-4-3-5-11(12(10)16-13(8)14)20(18,19)17-9(2)7-15/h3-6,9,17H,7,15H2,1-2H3. The zero-order valence-electron chi connectivity index (χ0n) is 11.2. The lowest BCUT2D eigenvalue weighted by atomic mass is 10.2. The van der Waals surface area contributed by atoms with E-state index in [1.165, 1.54) is 6.07 Å². The van der Waals surface area contributed by atoms with Gasteiger partial charge < -0.3 is 5.73 Å². The molecule has 0 spiro atoms. The maximum atomic E-state index is 12.4. The molecule has 1 heterocycles. The fourth-order valence-corrected chi connectivity index (χ4v) is 3.42. The number of nitrogens with one attached hydrogen (secondary N) is 1. The van der Waals surface area contributed by atoms with Gasteiger partial charge in [0.2, 0.25) is 10.0 Å². The molecule has 7 heteroatoms. The average Bonchev–Trinajstić information content (AvgIpc) is 2.38. The summed E-state index contributed by atoms with van der Waals surface area (Å²) < 4.78 is 27.2. The van der Waals surface area contributed by atoms with Crippen molar-refractivity contribution in [1.29, 1.82) is 0 Å². The number of halogens is 1. The summed E-state index contributed by atoms with van der Waals surface area (Å²) in [7, 11) is -3.68. The third-order valence-corrected chi connectivity index (χ3v) is 4.94. The molecule has 2 aromatic rings. The maximum Gasteiger partial charge on any atom is 0.243 e. The minimum Gasteiger partial charge on any atom is -0.329 e. The van der Waals surface area contributed by atoms with Crippen LogP contribution in [0.15, 0.2) is 29.2 Å². The number of aromatic nitrogens is 1. The number of nitrogens with zero attached hydrogens (tertiary/aromatic N) is 1. The molecule has 0 radical (unpaired) electrons. The number of pyridine rings is 1. The summed E-state index contributed by atoms with van der Waals surface area (Å²) in [6.45, 7) is 3.75. The molecule has 0 aliphatic carbocycles. The molecule has 0 bridgehead atoms. The second kappa shape index (κ2) is 5.65. The highest BCUT2D eigenvalue weighted by Gasteiger charge is 2.20.